The van der Waals surface area contributed by atoms with Gasteiger partial charge < -0.3 is 10.1 Å². The van der Waals surface area contributed by atoms with Gasteiger partial charge in [0.25, 0.3) is 0 Å². The topological polar surface area (TPSA) is 21.3 Å². The van der Waals surface area contributed by atoms with Gasteiger partial charge in [-0.2, -0.15) is 0 Å². The van der Waals surface area contributed by atoms with E-state index in [9.17, 15) is 0 Å². The first-order valence-electron chi connectivity index (χ1n) is 7.58. The Morgan fingerprint density at radius 3 is 2.80 bits per heavy atom. The van der Waals surface area contributed by atoms with Crippen molar-refractivity contribution < 1.29 is 4.74 Å². The predicted octanol–water partition coefficient (Wildman–Crippen LogP) is 3.61. The molecule has 0 amide bonds. The van der Waals surface area contributed by atoms with Crippen LogP contribution >= 0.6 is 0 Å². The highest BCUT2D eigenvalue weighted by atomic mass is 16.5. The lowest BCUT2D eigenvalue weighted by Crippen LogP contribution is -2.35. The van der Waals surface area contributed by atoms with Gasteiger partial charge >= 0.3 is 0 Å². The second-order valence-electron chi connectivity index (χ2n) is 5.95. The van der Waals surface area contributed by atoms with E-state index in [1.807, 2.05) is 18.2 Å². The van der Waals surface area contributed by atoms with Crippen molar-refractivity contribution in [3.05, 3.63) is 29.8 Å². The fourth-order valence-electron chi connectivity index (χ4n) is 2.90. The Hall–Kier alpha value is -1.46. The molecule has 1 N–H and O–H groups in total. The third-order valence-corrected chi connectivity index (χ3v) is 4.46. The number of ether oxygens (including phenoxy) is 1. The summed E-state index contributed by atoms with van der Waals surface area (Å²) in [6.45, 7) is 5.91. The molecule has 2 rings (SSSR count). The van der Waals surface area contributed by atoms with Crippen molar-refractivity contribution in [2.45, 2.75) is 45.7 Å². The first kappa shape index (κ1) is 14.9. The van der Waals surface area contributed by atoms with Crippen molar-refractivity contribution in [1.82, 2.24) is 5.32 Å². The Kier molecular flexibility index (Phi) is 5.49. The lowest BCUT2D eigenvalue weighted by molar-refractivity contribution is 0.225. The number of para-hydroxylation sites is 1. The quantitative estimate of drug-likeness (QED) is 0.826. The van der Waals surface area contributed by atoms with Crippen molar-refractivity contribution >= 4 is 0 Å². The van der Waals surface area contributed by atoms with E-state index in [1.165, 1.54) is 24.8 Å². The van der Waals surface area contributed by atoms with Gasteiger partial charge in [0.2, 0.25) is 0 Å². The number of benzene rings is 1. The number of rotatable bonds is 5. The largest absolute Gasteiger partial charge is 0.481 e. The van der Waals surface area contributed by atoms with Gasteiger partial charge in [-0.3, -0.25) is 0 Å². The molecule has 1 aromatic rings. The smallest absolute Gasteiger partial charge is 0.148 e. The summed E-state index contributed by atoms with van der Waals surface area (Å²) in [5.41, 5.74) is 1.19. The van der Waals surface area contributed by atoms with Crippen LogP contribution in [0.25, 0.3) is 0 Å². The van der Waals surface area contributed by atoms with Crippen LogP contribution in [0.2, 0.25) is 0 Å². The van der Waals surface area contributed by atoms with Crippen LogP contribution in [0.15, 0.2) is 24.3 Å². The summed E-state index contributed by atoms with van der Waals surface area (Å²) >= 11 is 0. The second kappa shape index (κ2) is 7.36. The van der Waals surface area contributed by atoms with Crippen molar-refractivity contribution in [1.29, 1.82) is 0 Å². The van der Waals surface area contributed by atoms with Gasteiger partial charge in [-0.15, -0.1) is 6.42 Å². The highest BCUT2D eigenvalue weighted by Crippen LogP contribution is 2.29. The molecule has 0 bridgehead atoms. The molecule has 2 heteroatoms. The monoisotopic (exact) mass is 271 g/mol. The van der Waals surface area contributed by atoms with Crippen LogP contribution in [0, 0.1) is 24.2 Å². The Morgan fingerprint density at radius 1 is 1.25 bits per heavy atom. The van der Waals surface area contributed by atoms with Crippen molar-refractivity contribution in [3.8, 4) is 18.1 Å². The maximum atomic E-state index is 5.59. The summed E-state index contributed by atoms with van der Waals surface area (Å²) in [4.78, 5) is 0. The van der Waals surface area contributed by atoms with Gasteiger partial charge in [-0.25, -0.2) is 0 Å². The summed E-state index contributed by atoms with van der Waals surface area (Å²) < 4.78 is 5.59. The average molecular weight is 271 g/mol. The first-order valence-corrected chi connectivity index (χ1v) is 7.58. The molecule has 0 spiro atoms. The molecule has 1 aliphatic rings. The average Bonchev–Trinajstić information content (AvgIpc) is 2.47. The molecule has 3 unspecified atom stereocenters. The van der Waals surface area contributed by atoms with E-state index < -0.39 is 0 Å². The predicted molar refractivity (Wildman–Crippen MR) is 83.6 cm³/mol. The molecular weight excluding hydrogens is 246 g/mol. The van der Waals surface area contributed by atoms with Gasteiger partial charge in [-0.1, -0.05) is 38.0 Å². The molecule has 1 fully saturated rings. The Balaban J connectivity index is 1.89. The number of nitrogens with one attached hydrogen (secondary N) is 1. The molecule has 1 aromatic carbocycles. The van der Waals surface area contributed by atoms with Crippen LogP contribution in [-0.2, 0) is 6.54 Å². The zero-order valence-electron chi connectivity index (χ0n) is 12.6. The molecule has 0 radical (unpaired) electrons. The molecule has 20 heavy (non-hydrogen) atoms. The van der Waals surface area contributed by atoms with Gasteiger partial charge in [-0.05, 0) is 37.2 Å². The molecule has 0 saturated heterocycles. The minimum absolute atomic E-state index is 0.328. The minimum atomic E-state index is 0.328. The summed E-state index contributed by atoms with van der Waals surface area (Å²) in [6.07, 6.45) is 9.13. The van der Waals surface area contributed by atoms with E-state index in [0.29, 0.717) is 12.6 Å². The fraction of sp³-hybridized carbons (Fsp3) is 0.556. The number of hydrogen-bond acceptors (Lipinski definition) is 2. The van der Waals surface area contributed by atoms with E-state index in [2.05, 4.69) is 31.2 Å². The van der Waals surface area contributed by atoms with Crippen molar-refractivity contribution in [2.75, 3.05) is 6.61 Å². The molecule has 1 saturated carbocycles. The van der Waals surface area contributed by atoms with Crippen LogP contribution in [0.3, 0.4) is 0 Å². The molecule has 2 nitrogen and oxygen atoms in total. The van der Waals surface area contributed by atoms with Crippen LogP contribution in [0.4, 0.5) is 0 Å². The fourth-order valence-corrected chi connectivity index (χ4v) is 2.90. The molecular formula is C18H25NO. The maximum absolute atomic E-state index is 5.59. The molecule has 0 aliphatic heterocycles. The molecule has 3 atom stereocenters. The normalized spacial score (nSPS) is 25.9. The highest BCUT2D eigenvalue weighted by molar-refractivity contribution is 5.33. The van der Waals surface area contributed by atoms with E-state index in [-0.39, 0.29) is 0 Å². The van der Waals surface area contributed by atoms with Crippen LogP contribution in [0.5, 0.6) is 5.75 Å². The SMILES string of the molecule is C#CCOc1ccccc1CNC1CCC(C)C(C)C1. The molecule has 108 valence electrons. The number of hydrogen-bond donors (Lipinski definition) is 1. The summed E-state index contributed by atoms with van der Waals surface area (Å²) in [5, 5.41) is 3.67. The summed E-state index contributed by atoms with van der Waals surface area (Å²) in [7, 11) is 0. The van der Waals surface area contributed by atoms with E-state index in [4.69, 9.17) is 11.2 Å². The van der Waals surface area contributed by atoms with E-state index in [1.54, 1.807) is 0 Å². The third kappa shape index (κ3) is 4.02. The zero-order chi connectivity index (χ0) is 14.4. The zero-order valence-corrected chi connectivity index (χ0v) is 12.6. The van der Waals surface area contributed by atoms with Crippen molar-refractivity contribution in [2.24, 2.45) is 11.8 Å². The summed E-state index contributed by atoms with van der Waals surface area (Å²) in [5.74, 6) is 5.09. The molecule has 0 heterocycles. The van der Waals surface area contributed by atoms with Crippen LogP contribution in [-0.4, -0.2) is 12.6 Å². The van der Waals surface area contributed by atoms with Crippen LogP contribution in [0.1, 0.15) is 38.7 Å². The van der Waals surface area contributed by atoms with E-state index in [0.717, 1.165) is 24.1 Å². The Morgan fingerprint density at radius 2 is 2.05 bits per heavy atom. The second-order valence-corrected chi connectivity index (χ2v) is 5.95. The van der Waals surface area contributed by atoms with Gasteiger partial charge in [0.15, 0.2) is 0 Å². The highest BCUT2D eigenvalue weighted by Gasteiger charge is 2.24. The van der Waals surface area contributed by atoms with E-state index >= 15 is 0 Å². The maximum Gasteiger partial charge on any atom is 0.148 e. The van der Waals surface area contributed by atoms with Crippen molar-refractivity contribution in [3.63, 3.8) is 0 Å². The lowest BCUT2D eigenvalue weighted by Gasteiger charge is -2.32. The lowest BCUT2D eigenvalue weighted by atomic mass is 9.79. The van der Waals surface area contributed by atoms with Crippen LogP contribution < -0.4 is 10.1 Å². The number of terminal acetylenes is 1. The standard InChI is InChI=1S/C18H25NO/c1-4-11-20-18-8-6-5-7-16(18)13-19-17-10-9-14(2)15(3)12-17/h1,5-8,14-15,17,19H,9-13H2,2-3H3. The third-order valence-electron chi connectivity index (χ3n) is 4.46. The molecule has 0 aromatic heterocycles. The Bertz CT molecular complexity index is 463. The Labute approximate surface area is 122 Å². The van der Waals surface area contributed by atoms with Gasteiger partial charge in [0, 0.05) is 18.2 Å². The first-order chi connectivity index (χ1) is 9.70. The van der Waals surface area contributed by atoms with Gasteiger partial charge in [0.05, 0.1) is 0 Å². The summed E-state index contributed by atoms with van der Waals surface area (Å²) in [6, 6.07) is 8.75. The molecule has 1 aliphatic carbocycles. The minimum Gasteiger partial charge on any atom is -0.481 e. The van der Waals surface area contributed by atoms with Gasteiger partial charge in [0.1, 0.15) is 12.4 Å².